The highest BCUT2D eigenvalue weighted by molar-refractivity contribution is 7.89. The molecule has 0 bridgehead atoms. The van der Waals surface area contributed by atoms with Gasteiger partial charge in [-0.25, -0.2) is 13.1 Å². The van der Waals surface area contributed by atoms with E-state index in [-0.39, 0.29) is 33.0 Å². The summed E-state index contributed by atoms with van der Waals surface area (Å²) in [6.07, 6.45) is -4.56. The van der Waals surface area contributed by atoms with Crippen molar-refractivity contribution in [2.75, 3.05) is 11.9 Å². The van der Waals surface area contributed by atoms with Gasteiger partial charge in [0.25, 0.3) is 5.91 Å². The number of nitrogens with one attached hydrogen (secondary N) is 2. The summed E-state index contributed by atoms with van der Waals surface area (Å²) in [7, 11) is -3.83. The van der Waals surface area contributed by atoms with Crippen LogP contribution in [0.1, 0.15) is 24.2 Å². The summed E-state index contributed by atoms with van der Waals surface area (Å²) in [6, 6.07) is 8.60. The van der Waals surface area contributed by atoms with E-state index in [0.717, 1.165) is 6.07 Å². The molecule has 2 rings (SSSR count). The average molecular weight is 451 g/mol. The molecule has 158 valence electrons. The van der Waals surface area contributed by atoms with Crippen LogP contribution in [0.25, 0.3) is 0 Å². The van der Waals surface area contributed by atoms with Gasteiger partial charge in [0.2, 0.25) is 10.0 Å². The van der Waals surface area contributed by atoms with Crippen LogP contribution in [0.15, 0.2) is 47.4 Å². The molecule has 0 saturated carbocycles. The lowest BCUT2D eigenvalue weighted by Crippen LogP contribution is -2.30. The Morgan fingerprint density at radius 1 is 1.17 bits per heavy atom. The highest BCUT2D eigenvalue weighted by Crippen LogP contribution is 2.30. The molecule has 0 aromatic heterocycles. The second kappa shape index (κ2) is 9.02. The maximum absolute atomic E-state index is 12.5. The summed E-state index contributed by atoms with van der Waals surface area (Å²) < 4.78 is 68.9. The Morgan fingerprint density at radius 3 is 2.48 bits per heavy atom. The molecule has 0 aliphatic heterocycles. The van der Waals surface area contributed by atoms with Gasteiger partial charge in [0.15, 0.2) is 6.61 Å². The van der Waals surface area contributed by atoms with Crippen molar-refractivity contribution in [2.24, 2.45) is 0 Å². The van der Waals surface area contributed by atoms with Gasteiger partial charge < -0.3 is 10.1 Å². The van der Waals surface area contributed by atoms with E-state index in [0.29, 0.717) is 0 Å². The van der Waals surface area contributed by atoms with Crippen LogP contribution in [0.5, 0.6) is 5.75 Å². The number of anilines is 1. The molecular weight excluding hydrogens is 433 g/mol. The number of sulfonamides is 1. The van der Waals surface area contributed by atoms with Crippen molar-refractivity contribution in [2.45, 2.75) is 31.0 Å². The van der Waals surface area contributed by atoms with Crippen molar-refractivity contribution in [3.63, 3.8) is 0 Å². The molecule has 6 nitrogen and oxygen atoms in total. The van der Waals surface area contributed by atoms with Gasteiger partial charge in [-0.1, -0.05) is 17.7 Å². The van der Waals surface area contributed by atoms with Crippen LogP contribution < -0.4 is 14.8 Å². The predicted octanol–water partition coefficient (Wildman–Crippen LogP) is 4.22. The first-order valence-electron chi connectivity index (χ1n) is 8.30. The maximum atomic E-state index is 12.5. The number of rotatable bonds is 7. The van der Waals surface area contributed by atoms with Gasteiger partial charge in [-0.05, 0) is 50.2 Å². The van der Waals surface area contributed by atoms with Crippen molar-refractivity contribution in [3.8, 4) is 5.75 Å². The molecule has 0 fully saturated rings. The minimum Gasteiger partial charge on any atom is -0.482 e. The monoisotopic (exact) mass is 450 g/mol. The number of hydrogen-bond acceptors (Lipinski definition) is 4. The molecule has 0 atom stereocenters. The van der Waals surface area contributed by atoms with E-state index in [1.165, 1.54) is 36.4 Å². The van der Waals surface area contributed by atoms with E-state index >= 15 is 0 Å². The molecule has 0 unspecified atom stereocenters. The highest BCUT2D eigenvalue weighted by atomic mass is 35.5. The molecule has 2 aromatic rings. The molecule has 0 radical (unpaired) electrons. The van der Waals surface area contributed by atoms with Gasteiger partial charge in [-0.2, -0.15) is 13.2 Å². The number of halogens is 4. The Kier molecular flexibility index (Phi) is 7.15. The summed E-state index contributed by atoms with van der Waals surface area (Å²) >= 11 is 5.85. The molecule has 2 aromatic carbocycles. The number of ether oxygens (including phenoxy) is 1. The Morgan fingerprint density at radius 2 is 1.86 bits per heavy atom. The van der Waals surface area contributed by atoms with E-state index in [4.69, 9.17) is 16.3 Å². The van der Waals surface area contributed by atoms with Crippen molar-refractivity contribution in [1.29, 1.82) is 0 Å². The molecule has 0 heterocycles. The standard InChI is InChI=1S/C18H18ClF3N2O4S/c1-11(2)24-29(26,27)14-5-3-4-12(8-14)17(25)23-15-9-13(19)6-7-16(15)28-10-18(20,21)22/h3-9,11,24H,10H2,1-2H3,(H,23,25). The summed E-state index contributed by atoms with van der Waals surface area (Å²) in [5, 5.41) is 2.56. The van der Waals surface area contributed by atoms with Gasteiger partial charge in [-0.15, -0.1) is 0 Å². The molecule has 11 heteroatoms. The number of carbonyl (C=O) groups is 1. The van der Waals surface area contributed by atoms with Crippen LogP contribution in [0.3, 0.4) is 0 Å². The smallest absolute Gasteiger partial charge is 0.422 e. The summed E-state index contributed by atoms with van der Waals surface area (Å²) in [6.45, 7) is 1.75. The third-order valence-electron chi connectivity index (χ3n) is 3.38. The predicted molar refractivity (Wildman–Crippen MR) is 103 cm³/mol. The number of amides is 1. The fourth-order valence-electron chi connectivity index (χ4n) is 2.26. The normalized spacial score (nSPS) is 12.1. The van der Waals surface area contributed by atoms with Gasteiger partial charge in [0.1, 0.15) is 5.75 Å². The van der Waals surface area contributed by atoms with Gasteiger partial charge in [0, 0.05) is 16.6 Å². The number of carbonyl (C=O) groups excluding carboxylic acids is 1. The quantitative estimate of drug-likeness (QED) is 0.661. The third-order valence-corrected chi connectivity index (χ3v) is 5.27. The Bertz CT molecular complexity index is 995. The minimum absolute atomic E-state index is 0.0154. The van der Waals surface area contributed by atoms with Gasteiger partial charge in [0.05, 0.1) is 10.6 Å². The first kappa shape index (κ1) is 23.0. The molecule has 1 amide bonds. The van der Waals surface area contributed by atoms with Crippen LogP contribution >= 0.6 is 11.6 Å². The van der Waals surface area contributed by atoms with Crippen LogP contribution in [0, 0.1) is 0 Å². The molecule has 2 N–H and O–H groups in total. The lowest BCUT2D eigenvalue weighted by Gasteiger charge is -2.15. The Hall–Kier alpha value is -2.30. The zero-order valence-corrected chi connectivity index (χ0v) is 17.0. The van der Waals surface area contributed by atoms with E-state index in [1.54, 1.807) is 13.8 Å². The number of alkyl halides is 3. The van der Waals surface area contributed by atoms with E-state index in [2.05, 4.69) is 10.0 Å². The van der Waals surface area contributed by atoms with Crippen LogP contribution in [-0.2, 0) is 10.0 Å². The highest BCUT2D eigenvalue weighted by Gasteiger charge is 2.29. The van der Waals surface area contributed by atoms with Crippen molar-refractivity contribution in [1.82, 2.24) is 4.72 Å². The molecule has 0 spiro atoms. The molecule has 0 aliphatic rings. The van der Waals surface area contributed by atoms with E-state index < -0.39 is 28.7 Å². The van der Waals surface area contributed by atoms with Gasteiger partial charge in [-0.3, -0.25) is 4.79 Å². The fourth-order valence-corrected chi connectivity index (χ4v) is 3.73. The Balaban J connectivity index is 2.27. The zero-order valence-electron chi connectivity index (χ0n) is 15.4. The van der Waals surface area contributed by atoms with E-state index in [9.17, 15) is 26.4 Å². The first-order chi connectivity index (χ1) is 13.4. The van der Waals surface area contributed by atoms with Crippen LogP contribution in [-0.4, -0.2) is 33.1 Å². The van der Waals surface area contributed by atoms with E-state index in [1.807, 2.05) is 0 Å². The van der Waals surface area contributed by atoms with Crippen molar-refractivity contribution >= 4 is 33.2 Å². The second-order valence-electron chi connectivity index (χ2n) is 6.30. The number of hydrogen-bond donors (Lipinski definition) is 2. The molecule has 0 saturated heterocycles. The SMILES string of the molecule is CC(C)NS(=O)(=O)c1cccc(C(=O)Nc2cc(Cl)ccc2OCC(F)(F)F)c1. The fraction of sp³-hybridized carbons (Fsp3) is 0.278. The number of benzene rings is 2. The summed E-state index contributed by atoms with van der Waals surface area (Å²) in [5.41, 5.74) is -0.0984. The first-order valence-corrected chi connectivity index (χ1v) is 10.2. The second-order valence-corrected chi connectivity index (χ2v) is 8.45. The molecule has 0 aliphatic carbocycles. The van der Waals surface area contributed by atoms with Crippen LogP contribution in [0.2, 0.25) is 5.02 Å². The summed E-state index contributed by atoms with van der Waals surface area (Å²) in [4.78, 5) is 12.4. The largest absolute Gasteiger partial charge is 0.482 e. The van der Waals surface area contributed by atoms with Gasteiger partial charge >= 0.3 is 6.18 Å². The van der Waals surface area contributed by atoms with Crippen molar-refractivity contribution in [3.05, 3.63) is 53.1 Å². The van der Waals surface area contributed by atoms with Crippen molar-refractivity contribution < 1.29 is 31.1 Å². The lowest BCUT2D eigenvalue weighted by molar-refractivity contribution is -0.153. The van der Waals surface area contributed by atoms with Crippen LogP contribution in [0.4, 0.5) is 18.9 Å². The topological polar surface area (TPSA) is 84.5 Å². The Labute approximate surface area is 171 Å². The zero-order chi connectivity index (χ0) is 21.8. The molecular formula is C18H18ClF3N2O4S. The lowest BCUT2D eigenvalue weighted by atomic mass is 10.2. The third kappa shape index (κ3) is 6.91. The average Bonchev–Trinajstić information content (AvgIpc) is 2.59. The minimum atomic E-state index is -4.56. The summed E-state index contributed by atoms with van der Waals surface area (Å²) in [5.74, 6) is -0.976. The maximum Gasteiger partial charge on any atom is 0.422 e. The molecule has 29 heavy (non-hydrogen) atoms.